The minimum atomic E-state index is -1.03. The van der Waals surface area contributed by atoms with Gasteiger partial charge in [0.15, 0.2) is 0 Å². The Bertz CT molecular complexity index is 1200. The van der Waals surface area contributed by atoms with Crippen LogP contribution in [0, 0.1) is 16.0 Å². The van der Waals surface area contributed by atoms with E-state index in [1.54, 1.807) is 26.0 Å². The van der Waals surface area contributed by atoms with E-state index in [1.807, 2.05) is 0 Å². The molecule has 10 nitrogen and oxygen atoms in total. The van der Waals surface area contributed by atoms with E-state index >= 15 is 0 Å². The van der Waals surface area contributed by atoms with Crippen molar-refractivity contribution in [1.29, 1.82) is 0 Å². The number of hydrogen-bond acceptors (Lipinski definition) is 9. The molecule has 1 aliphatic heterocycles. The lowest BCUT2D eigenvalue weighted by Gasteiger charge is -2.31. The maximum Gasteiger partial charge on any atom is 0.336 e. The van der Waals surface area contributed by atoms with Crippen LogP contribution in [0.1, 0.15) is 30.9 Å². The summed E-state index contributed by atoms with van der Waals surface area (Å²) in [4.78, 5) is 40.9. The molecule has 178 valence electrons. The number of nitrogens with zero attached hydrogens (tertiary/aromatic N) is 2. The van der Waals surface area contributed by atoms with E-state index in [4.69, 9.17) is 14.2 Å². The zero-order chi connectivity index (χ0) is 25.0. The minimum Gasteiger partial charge on any atom is -0.508 e. The Morgan fingerprint density at radius 3 is 2.47 bits per heavy atom. The molecule has 2 unspecified atom stereocenters. The van der Waals surface area contributed by atoms with Crippen LogP contribution in [0.2, 0.25) is 0 Å². The average Bonchev–Trinajstić information content (AvgIpc) is 2.81. The molecule has 0 fully saturated rings. The second kappa shape index (κ2) is 10.2. The van der Waals surface area contributed by atoms with Crippen molar-refractivity contribution in [2.45, 2.75) is 26.4 Å². The summed E-state index contributed by atoms with van der Waals surface area (Å²) in [6.07, 6.45) is 0. The summed E-state index contributed by atoms with van der Waals surface area (Å²) in [5.41, 5.74) is 1.41. The molecule has 3 rings (SSSR count). The lowest BCUT2D eigenvalue weighted by molar-refractivity contribution is -0.385. The molecule has 0 saturated carbocycles. The first kappa shape index (κ1) is 24.4. The number of nitro benzene ring substituents is 1. The SMILES string of the molecule is COC(=O)C1=C(C)N=C(C)C(C(=O)OC)C1c1cc([N+](=O)[O-])ccc1OCc1cccc(O)c1. The average molecular weight is 468 g/mol. The largest absolute Gasteiger partial charge is 0.508 e. The van der Waals surface area contributed by atoms with Gasteiger partial charge in [0.05, 0.1) is 24.7 Å². The van der Waals surface area contributed by atoms with Gasteiger partial charge in [0, 0.05) is 35.0 Å². The van der Waals surface area contributed by atoms with Crippen LogP contribution in [0.25, 0.3) is 0 Å². The molecule has 2 aromatic rings. The summed E-state index contributed by atoms with van der Waals surface area (Å²) < 4.78 is 15.9. The van der Waals surface area contributed by atoms with Crippen LogP contribution in [-0.4, -0.2) is 41.9 Å². The van der Waals surface area contributed by atoms with Crippen molar-refractivity contribution < 1.29 is 33.8 Å². The quantitative estimate of drug-likeness (QED) is 0.369. The Morgan fingerprint density at radius 1 is 1.12 bits per heavy atom. The number of nitro groups is 1. The number of phenols is 1. The fourth-order valence-corrected chi connectivity index (χ4v) is 4.01. The molecule has 2 aromatic carbocycles. The number of non-ortho nitro benzene ring substituents is 1. The first-order valence-corrected chi connectivity index (χ1v) is 10.3. The standard InChI is InChI=1S/C24H24N2O8/c1-13-20(23(28)32-3)22(21(14(2)25-13)24(29)33-4)18-11-16(26(30)31)8-9-19(18)34-12-15-6-5-7-17(27)10-15/h5-11,20,22,27H,12H2,1-4H3. The van der Waals surface area contributed by atoms with E-state index < -0.39 is 28.7 Å². The van der Waals surface area contributed by atoms with Crippen molar-refractivity contribution in [3.63, 3.8) is 0 Å². The molecule has 0 aromatic heterocycles. The number of aliphatic imine (C=N–C) groups is 1. The number of benzene rings is 2. The Labute approximate surface area is 195 Å². The molecule has 0 saturated heterocycles. The van der Waals surface area contributed by atoms with Gasteiger partial charge in [0.25, 0.3) is 5.69 Å². The molecular formula is C24H24N2O8. The van der Waals surface area contributed by atoms with Gasteiger partial charge in [-0.2, -0.15) is 0 Å². The van der Waals surface area contributed by atoms with Crippen molar-refractivity contribution in [1.82, 2.24) is 0 Å². The number of esters is 2. The van der Waals surface area contributed by atoms with Gasteiger partial charge in [-0.05, 0) is 37.6 Å². The highest BCUT2D eigenvalue weighted by atomic mass is 16.6. The highest BCUT2D eigenvalue weighted by molar-refractivity contribution is 6.07. The third-order valence-electron chi connectivity index (χ3n) is 5.53. The third kappa shape index (κ3) is 4.90. The van der Waals surface area contributed by atoms with Crippen LogP contribution in [-0.2, 0) is 25.7 Å². The predicted octanol–water partition coefficient (Wildman–Crippen LogP) is 3.67. The number of ether oxygens (including phenoxy) is 3. The van der Waals surface area contributed by atoms with E-state index in [2.05, 4.69) is 4.99 Å². The van der Waals surface area contributed by atoms with Crippen molar-refractivity contribution in [2.24, 2.45) is 10.9 Å². The van der Waals surface area contributed by atoms with Crippen LogP contribution in [0.5, 0.6) is 11.5 Å². The molecule has 0 aliphatic carbocycles. The summed E-state index contributed by atoms with van der Waals surface area (Å²) in [5.74, 6) is -3.15. The first-order chi connectivity index (χ1) is 16.2. The fourth-order valence-electron chi connectivity index (χ4n) is 4.01. The molecular weight excluding hydrogens is 444 g/mol. The van der Waals surface area contributed by atoms with Crippen molar-refractivity contribution >= 4 is 23.3 Å². The Balaban J connectivity index is 2.19. The highest BCUT2D eigenvalue weighted by Crippen LogP contribution is 2.44. The van der Waals surface area contributed by atoms with Crippen molar-refractivity contribution in [3.8, 4) is 11.5 Å². The number of carbonyl (C=O) groups excluding carboxylic acids is 2. The molecule has 1 N–H and O–H groups in total. The second-order valence-electron chi connectivity index (χ2n) is 7.66. The van der Waals surface area contributed by atoms with Crippen molar-refractivity contribution in [2.75, 3.05) is 14.2 Å². The van der Waals surface area contributed by atoms with Crippen LogP contribution in [0.15, 0.2) is 58.7 Å². The van der Waals surface area contributed by atoms with E-state index in [-0.39, 0.29) is 34.9 Å². The minimum absolute atomic E-state index is 0.0259. The summed E-state index contributed by atoms with van der Waals surface area (Å²) >= 11 is 0. The van der Waals surface area contributed by atoms with Crippen LogP contribution in [0.4, 0.5) is 5.69 Å². The molecule has 0 bridgehead atoms. The highest BCUT2D eigenvalue weighted by Gasteiger charge is 2.43. The van der Waals surface area contributed by atoms with Gasteiger partial charge >= 0.3 is 11.9 Å². The lowest BCUT2D eigenvalue weighted by Crippen LogP contribution is -2.36. The maximum absolute atomic E-state index is 12.8. The zero-order valence-electron chi connectivity index (χ0n) is 19.1. The molecule has 10 heteroatoms. The third-order valence-corrected chi connectivity index (χ3v) is 5.53. The number of methoxy groups -OCH3 is 2. The molecule has 0 spiro atoms. The number of hydrogen-bond donors (Lipinski definition) is 1. The van der Waals surface area contributed by atoms with Crippen molar-refractivity contribution in [3.05, 3.63) is 75.0 Å². The predicted molar refractivity (Wildman–Crippen MR) is 122 cm³/mol. The van der Waals surface area contributed by atoms with Gasteiger partial charge in [0.2, 0.25) is 0 Å². The topological polar surface area (TPSA) is 138 Å². The number of phenolic OH excluding ortho intramolecular Hbond substituents is 1. The molecule has 0 amide bonds. The van der Waals surface area contributed by atoms with Crippen LogP contribution in [0.3, 0.4) is 0 Å². The van der Waals surface area contributed by atoms with Gasteiger partial charge in [-0.3, -0.25) is 19.9 Å². The van der Waals surface area contributed by atoms with E-state index in [0.29, 0.717) is 17.0 Å². The van der Waals surface area contributed by atoms with E-state index in [1.165, 1.54) is 44.6 Å². The molecule has 34 heavy (non-hydrogen) atoms. The first-order valence-electron chi connectivity index (χ1n) is 10.3. The fraction of sp³-hybridized carbons (Fsp3) is 0.292. The molecule has 2 atom stereocenters. The number of carbonyl (C=O) groups is 2. The summed E-state index contributed by atoms with van der Waals surface area (Å²) in [6, 6.07) is 10.4. The summed E-state index contributed by atoms with van der Waals surface area (Å²) in [5, 5.41) is 21.3. The van der Waals surface area contributed by atoms with E-state index in [9.17, 15) is 24.8 Å². The van der Waals surface area contributed by atoms with Crippen LogP contribution >= 0.6 is 0 Å². The number of aromatic hydroxyl groups is 1. The molecule has 0 radical (unpaired) electrons. The monoisotopic (exact) mass is 468 g/mol. The maximum atomic E-state index is 12.8. The van der Waals surface area contributed by atoms with Gasteiger partial charge < -0.3 is 19.3 Å². The lowest BCUT2D eigenvalue weighted by atomic mass is 9.75. The normalized spacial score (nSPS) is 17.6. The molecule has 1 aliphatic rings. The second-order valence-corrected chi connectivity index (χ2v) is 7.66. The molecule has 1 heterocycles. The summed E-state index contributed by atoms with van der Waals surface area (Å²) in [6.45, 7) is 3.25. The van der Waals surface area contributed by atoms with Gasteiger partial charge in [0.1, 0.15) is 24.0 Å². The Morgan fingerprint density at radius 2 is 1.85 bits per heavy atom. The van der Waals surface area contributed by atoms with Gasteiger partial charge in [-0.1, -0.05) is 12.1 Å². The van der Waals surface area contributed by atoms with E-state index in [0.717, 1.165) is 0 Å². The number of rotatable bonds is 7. The number of allylic oxidation sites excluding steroid dienone is 1. The summed E-state index contributed by atoms with van der Waals surface area (Å²) in [7, 11) is 2.41. The van der Waals surface area contributed by atoms with Crippen LogP contribution < -0.4 is 4.74 Å². The smallest absolute Gasteiger partial charge is 0.336 e. The van der Waals surface area contributed by atoms with Gasteiger partial charge in [-0.15, -0.1) is 0 Å². The zero-order valence-corrected chi connectivity index (χ0v) is 19.1. The van der Waals surface area contributed by atoms with Gasteiger partial charge in [-0.25, -0.2) is 4.79 Å². The Kier molecular flexibility index (Phi) is 7.30. The Hall–Kier alpha value is -4.21.